The van der Waals surface area contributed by atoms with Gasteiger partial charge < -0.3 is 24.4 Å². The lowest BCUT2D eigenvalue weighted by atomic mass is 10.1. The number of benzene rings is 2. The first kappa shape index (κ1) is 22.4. The van der Waals surface area contributed by atoms with Crippen molar-refractivity contribution in [3.05, 3.63) is 47.5 Å². The molecular weight excluding hydrogens is 398 g/mol. The summed E-state index contributed by atoms with van der Waals surface area (Å²) in [6.07, 6.45) is -0.632. The van der Waals surface area contributed by atoms with Crippen LogP contribution in [0.25, 0.3) is 0 Å². The van der Waals surface area contributed by atoms with Crippen molar-refractivity contribution in [2.75, 3.05) is 37.9 Å². The number of ether oxygens (including phenoxy) is 3. The highest BCUT2D eigenvalue weighted by atomic mass is 16.6. The molecule has 1 heterocycles. The SMILES string of the molecule is CN(C)Cc1ccc(C(=O)Nc2cc3c(cc2NC(=O)OC(C)(C)C)OCCO3)cc1. The third-order valence-electron chi connectivity index (χ3n) is 4.28. The molecule has 0 aliphatic carbocycles. The molecule has 0 spiro atoms. The molecule has 1 aliphatic rings. The Hall–Kier alpha value is -3.26. The summed E-state index contributed by atoms with van der Waals surface area (Å²) in [6, 6.07) is 10.6. The van der Waals surface area contributed by atoms with Crippen LogP contribution < -0.4 is 20.1 Å². The van der Waals surface area contributed by atoms with E-state index < -0.39 is 11.7 Å². The van der Waals surface area contributed by atoms with Gasteiger partial charge in [0.1, 0.15) is 18.8 Å². The maximum Gasteiger partial charge on any atom is 0.412 e. The van der Waals surface area contributed by atoms with Crippen LogP contribution in [0, 0.1) is 0 Å². The minimum absolute atomic E-state index is 0.305. The highest BCUT2D eigenvalue weighted by molar-refractivity contribution is 6.07. The van der Waals surface area contributed by atoms with Gasteiger partial charge in [-0.25, -0.2) is 4.79 Å². The molecule has 0 unspecified atom stereocenters. The molecule has 8 nitrogen and oxygen atoms in total. The first-order chi connectivity index (χ1) is 14.6. The standard InChI is InChI=1S/C23H29N3O5/c1-23(2,3)31-22(28)25-18-13-20-19(29-10-11-30-20)12-17(18)24-21(27)16-8-6-15(7-9-16)14-26(4)5/h6-9,12-13H,10-11,14H2,1-5H3,(H,24,27)(H,25,28). The van der Waals surface area contributed by atoms with Crippen LogP contribution in [0.4, 0.5) is 16.2 Å². The lowest BCUT2D eigenvalue weighted by Gasteiger charge is -2.23. The zero-order valence-electron chi connectivity index (χ0n) is 18.6. The van der Waals surface area contributed by atoms with Crippen molar-refractivity contribution in [3.63, 3.8) is 0 Å². The highest BCUT2D eigenvalue weighted by Crippen LogP contribution is 2.38. The molecule has 2 aromatic rings. The molecule has 8 heteroatoms. The number of nitrogens with zero attached hydrogens (tertiary/aromatic N) is 1. The zero-order valence-corrected chi connectivity index (χ0v) is 18.6. The van der Waals surface area contributed by atoms with E-state index in [0.29, 0.717) is 41.7 Å². The minimum Gasteiger partial charge on any atom is -0.486 e. The molecule has 166 valence electrons. The third kappa shape index (κ3) is 6.36. The molecule has 0 aromatic heterocycles. The summed E-state index contributed by atoms with van der Waals surface area (Å²) < 4.78 is 16.6. The molecule has 0 atom stereocenters. The average Bonchev–Trinajstić information content (AvgIpc) is 2.67. The smallest absolute Gasteiger partial charge is 0.412 e. The Kier molecular flexibility index (Phi) is 6.70. The normalized spacial score (nSPS) is 13.0. The maximum absolute atomic E-state index is 12.8. The van der Waals surface area contributed by atoms with E-state index in [1.807, 2.05) is 26.2 Å². The number of anilines is 2. The van der Waals surface area contributed by atoms with Gasteiger partial charge in [0.15, 0.2) is 11.5 Å². The van der Waals surface area contributed by atoms with E-state index in [9.17, 15) is 9.59 Å². The fourth-order valence-electron chi connectivity index (χ4n) is 3.03. The second kappa shape index (κ2) is 9.26. The van der Waals surface area contributed by atoms with Crippen LogP contribution in [0.1, 0.15) is 36.7 Å². The molecule has 0 bridgehead atoms. The number of fused-ring (bicyclic) bond motifs is 1. The average molecular weight is 428 g/mol. The molecule has 0 saturated heterocycles. The third-order valence-corrected chi connectivity index (χ3v) is 4.28. The second-order valence-corrected chi connectivity index (χ2v) is 8.56. The Balaban J connectivity index is 1.82. The van der Waals surface area contributed by atoms with Gasteiger partial charge in [0.05, 0.1) is 11.4 Å². The second-order valence-electron chi connectivity index (χ2n) is 8.56. The molecule has 2 N–H and O–H groups in total. The summed E-state index contributed by atoms with van der Waals surface area (Å²) in [7, 11) is 3.98. The fourth-order valence-corrected chi connectivity index (χ4v) is 3.03. The van der Waals surface area contributed by atoms with E-state index in [1.54, 1.807) is 45.0 Å². The summed E-state index contributed by atoms with van der Waals surface area (Å²) in [5, 5.41) is 5.54. The molecule has 3 rings (SSSR count). The largest absolute Gasteiger partial charge is 0.486 e. The van der Waals surface area contributed by atoms with Crippen molar-refractivity contribution >= 4 is 23.4 Å². The summed E-state index contributed by atoms with van der Waals surface area (Å²) in [4.78, 5) is 27.2. The first-order valence-corrected chi connectivity index (χ1v) is 10.1. The van der Waals surface area contributed by atoms with Crippen molar-refractivity contribution in [3.8, 4) is 11.5 Å². The molecule has 2 amide bonds. The Bertz CT molecular complexity index is 949. The van der Waals surface area contributed by atoms with E-state index in [2.05, 4.69) is 15.5 Å². The number of hydrogen-bond acceptors (Lipinski definition) is 6. The van der Waals surface area contributed by atoms with E-state index in [-0.39, 0.29) is 5.91 Å². The van der Waals surface area contributed by atoms with E-state index >= 15 is 0 Å². The number of carbonyl (C=O) groups is 2. The van der Waals surface area contributed by atoms with Crippen LogP contribution in [0.3, 0.4) is 0 Å². The number of nitrogens with one attached hydrogen (secondary N) is 2. The van der Waals surface area contributed by atoms with Gasteiger partial charge in [-0.15, -0.1) is 0 Å². The quantitative estimate of drug-likeness (QED) is 0.746. The maximum atomic E-state index is 12.8. The molecule has 2 aromatic carbocycles. The van der Waals surface area contributed by atoms with Gasteiger partial charge in [0.2, 0.25) is 0 Å². The van der Waals surface area contributed by atoms with E-state index in [1.165, 1.54) is 0 Å². The van der Waals surface area contributed by atoms with Crippen LogP contribution >= 0.6 is 0 Å². The van der Waals surface area contributed by atoms with Gasteiger partial charge in [0.25, 0.3) is 5.91 Å². The van der Waals surface area contributed by atoms with E-state index in [0.717, 1.165) is 12.1 Å². The predicted octanol–water partition coefficient (Wildman–Crippen LogP) is 4.12. The van der Waals surface area contributed by atoms with E-state index in [4.69, 9.17) is 14.2 Å². The molecule has 0 radical (unpaired) electrons. The summed E-state index contributed by atoms with van der Waals surface area (Å²) >= 11 is 0. The first-order valence-electron chi connectivity index (χ1n) is 10.1. The van der Waals surface area contributed by atoms with Gasteiger partial charge >= 0.3 is 6.09 Å². The van der Waals surface area contributed by atoms with Crippen molar-refractivity contribution in [1.82, 2.24) is 4.90 Å². The van der Waals surface area contributed by atoms with Crippen LogP contribution in [0.2, 0.25) is 0 Å². The molecular formula is C23H29N3O5. The molecule has 0 saturated carbocycles. The molecule has 1 aliphatic heterocycles. The summed E-state index contributed by atoms with van der Waals surface area (Å²) in [6.45, 7) is 6.93. The van der Waals surface area contributed by atoms with Crippen molar-refractivity contribution in [1.29, 1.82) is 0 Å². The number of carbonyl (C=O) groups excluding carboxylic acids is 2. The van der Waals surface area contributed by atoms with Gasteiger partial charge in [-0.2, -0.15) is 0 Å². The number of rotatable bonds is 5. The fraction of sp³-hybridized carbons (Fsp3) is 0.391. The van der Waals surface area contributed by atoms with Crippen LogP contribution in [-0.2, 0) is 11.3 Å². The zero-order chi connectivity index (χ0) is 22.6. The van der Waals surface area contributed by atoms with Crippen molar-refractivity contribution in [2.24, 2.45) is 0 Å². The Morgan fingerprint density at radius 1 is 0.968 bits per heavy atom. The topological polar surface area (TPSA) is 89.1 Å². The predicted molar refractivity (Wildman–Crippen MR) is 119 cm³/mol. The van der Waals surface area contributed by atoms with Gasteiger partial charge in [-0.3, -0.25) is 10.1 Å². The van der Waals surface area contributed by atoms with Crippen LogP contribution in [0.15, 0.2) is 36.4 Å². The van der Waals surface area contributed by atoms with Crippen molar-refractivity contribution in [2.45, 2.75) is 32.9 Å². The minimum atomic E-state index is -0.657. The van der Waals surface area contributed by atoms with Gasteiger partial charge in [-0.1, -0.05) is 12.1 Å². The molecule has 31 heavy (non-hydrogen) atoms. The van der Waals surface area contributed by atoms with Gasteiger partial charge in [0, 0.05) is 24.2 Å². The summed E-state index contributed by atoms with van der Waals surface area (Å²) in [5.74, 6) is 0.682. The van der Waals surface area contributed by atoms with Crippen LogP contribution in [-0.4, -0.2) is 49.8 Å². The Labute approximate surface area is 182 Å². The Morgan fingerprint density at radius 2 is 1.52 bits per heavy atom. The lowest BCUT2D eigenvalue weighted by Crippen LogP contribution is -2.28. The molecule has 0 fully saturated rings. The monoisotopic (exact) mass is 427 g/mol. The van der Waals surface area contributed by atoms with Gasteiger partial charge in [-0.05, 0) is 52.6 Å². The summed E-state index contributed by atoms with van der Waals surface area (Å²) in [5.41, 5.74) is 1.69. The highest BCUT2D eigenvalue weighted by Gasteiger charge is 2.21. The number of hydrogen-bond donors (Lipinski definition) is 2. The Morgan fingerprint density at radius 3 is 2.03 bits per heavy atom. The van der Waals surface area contributed by atoms with Crippen LogP contribution in [0.5, 0.6) is 11.5 Å². The number of amides is 2. The lowest BCUT2D eigenvalue weighted by molar-refractivity contribution is 0.0635. The van der Waals surface area contributed by atoms with Crippen molar-refractivity contribution < 1.29 is 23.8 Å².